The number of ether oxygens (including phenoxy) is 1. The number of likely N-dealkylation sites (N-methyl/N-ethyl adjacent to an activating group) is 1. The zero-order chi connectivity index (χ0) is 12.3. The van der Waals surface area contributed by atoms with E-state index in [1.54, 1.807) is 0 Å². The Labute approximate surface area is 104 Å². The fraction of sp³-hybridized carbons (Fsp3) is 0.571. The van der Waals surface area contributed by atoms with Crippen LogP contribution < -0.4 is 10.1 Å². The molecule has 94 valence electrons. The minimum absolute atomic E-state index is 0.486. The Morgan fingerprint density at radius 1 is 1.47 bits per heavy atom. The first-order chi connectivity index (χ1) is 8.22. The van der Waals surface area contributed by atoms with E-state index in [2.05, 4.69) is 42.4 Å². The summed E-state index contributed by atoms with van der Waals surface area (Å²) in [5.74, 6) is 0.972. The van der Waals surface area contributed by atoms with Gasteiger partial charge in [0, 0.05) is 25.7 Å². The number of nitrogens with one attached hydrogen (secondary N) is 1. The van der Waals surface area contributed by atoms with Crippen LogP contribution in [0.1, 0.15) is 24.1 Å². The van der Waals surface area contributed by atoms with Gasteiger partial charge in [0.1, 0.15) is 5.75 Å². The van der Waals surface area contributed by atoms with Gasteiger partial charge in [0.15, 0.2) is 0 Å². The van der Waals surface area contributed by atoms with Crippen molar-refractivity contribution in [3.05, 3.63) is 29.3 Å². The first-order valence-corrected chi connectivity index (χ1v) is 6.36. The molecule has 1 unspecified atom stereocenters. The van der Waals surface area contributed by atoms with Crippen molar-refractivity contribution >= 4 is 0 Å². The van der Waals surface area contributed by atoms with Crippen LogP contribution in [0.2, 0.25) is 0 Å². The summed E-state index contributed by atoms with van der Waals surface area (Å²) < 4.78 is 5.53. The predicted octanol–water partition coefficient (Wildman–Crippen LogP) is 1.97. The monoisotopic (exact) mass is 234 g/mol. The van der Waals surface area contributed by atoms with Gasteiger partial charge in [-0.25, -0.2) is 0 Å². The van der Waals surface area contributed by atoms with E-state index in [1.807, 2.05) is 6.92 Å². The van der Waals surface area contributed by atoms with Crippen molar-refractivity contribution in [3.8, 4) is 5.75 Å². The second kappa shape index (κ2) is 5.52. The molecule has 1 aliphatic rings. The van der Waals surface area contributed by atoms with E-state index in [0.717, 1.165) is 32.0 Å². The van der Waals surface area contributed by atoms with Crippen molar-refractivity contribution in [3.63, 3.8) is 0 Å². The fourth-order valence-electron chi connectivity index (χ4n) is 2.43. The van der Waals surface area contributed by atoms with Crippen LogP contribution in [0.4, 0.5) is 0 Å². The van der Waals surface area contributed by atoms with Crippen LogP contribution in [-0.2, 0) is 0 Å². The number of hydrogen-bond donors (Lipinski definition) is 1. The second-order valence-corrected chi connectivity index (χ2v) is 4.65. The van der Waals surface area contributed by atoms with E-state index in [9.17, 15) is 0 Å². The van der Waals surface area contributed by atoms with E-state index >= 15 is 0 Å². The van der Waals surface area contributed by atoms with Crippen LogP contribution in [0.25, 0.3) is 0 Å². The van der Waals surface area contributed by atoms with Crippen LogP contribution in [0.5, 0.6) is 5.75 Å². The lowest BCUT2D eigenvalue weighted by molar-refractivity contribution is 0.201. The largest absolute Gasteiger partial charge is 0.494 e. The zero-order valence-electron chi connectivity index (χ0n) is 11.0. The minimum Gasteiger partial charge on any atom is -0.494 e. The molecule has 1 N–H and O–H groups in total. The Kier molecular flexibility index (Phi) is 4.02. The average molecular weight is 234 g/mol. The Hall–Kier alpha value is -1.06. The Morgan fingerprint density at radius 2 is 2.29 bits per heavy atom. The maximum atomic E-state index is 5.53. The van der Waals surface area contributed by atoms with Gasteiger partial charge in [-0.05, 0) is 44.2 Å². The highest BCUT2D eigenvalue weighted by atomic mass is 16.5. The molecule has 1 atom stereocenters. The summed E-state index contributed by atoms with van der Waals surface area (Å²) in [6, 6.07) is 6.91. The summed E-state index contributed by atoms with van der Waals surface area (Å²) >= 11 is 0. The fourth-order valence-corrected chi connectivity index (χ4v) is 2.43. The summed E-state index contributed by atoms with van der Waals surface area (Å²) in [5, 5.41) is 3.46. The second-order valence-electron chi connectivity index (χ2n) is 4.65. The van der Waals surface area contributed by atoms with E-state index in [-0.39, 0.29) is 0 Å². The van der Waals surface area contributed by atoms with Crippen LogP contribution >= 0.6 is 0 Å². The molecule has 3 nitrogen and oxygen atoms in total. The van der Waals surface area contributed by atoms with Crippen molar-refractivity contribution in [1.29, 1.82) is 0 Å². The molecule has 1 heterocycles. The SMILES string of the molecule is CCOc1ccc(C2CNCCN2C)c(C)c1. The lowest BCUT2D eigenvalue weighted by Gasteiger charge is -2.34. The number of aryl methyl sites for hydroxylation is 1. The number of benzene rings is 1. The summed E-state index contributed by atoms with van der Waals surface area (Å²) in [7, 11) is 2.20. The predicted molar refractivity (Wildman–Crippen MR) is 70.6 cm³/mol. The van der Waals surface area contributed by atoms with Crippen molar-refractivity contribution in [2.45, 2.75) is 19.9 Å². The molecule has 0 amide bonds. The van der Waals surface area contributed by atoms with E-state index in [4.69, 9.17) is 4.74 Å². The van der Waals surface area contributed by atoms with Crippen molar-refractivity contribution in [2.75, 3.05) is 33.3 Å². The maximum absolute atomic E-state index is 5.53. The van der Waals surface area contributed by atoms with Crippen LogP contribution in [-0.4, -0.2) is 38.2 Å². The third kappa shape index (κ3) is 2.79. The molecule has 1 aromatic carbocycles. The Balaban J connectivity index is 2.20. The normalized spacial score (nSPS) is 21.5. The molecule has 17 heavy (non-hydrogen) atoms. The van der Waals surface area contributed by atoms with Gasteiger partial charge in [-0.3, -0.25) is 4.90 Å². The van der Waals surface area contributed by atoms with Crippen LogP contribution in [0, 0.1) is 6.92 Å². The lowest BCUT2D eigenvalue weighted by Crippen LogP contribution is -2.44. The van der Waals surface area contributed by atoms with Gasteiger partial charge < -0.3 is 10.1 Å². The van der Waals surface area contributed by atoms with Crippen molar-refractivity contribution in [2.24, 2.45) is 0 Å². The summed E-state index contributed by atoms with van der Waals surface area (Å²) in [6.07, 6.45) is 0. The van der Waals surface area contributed by atoms with Gasteiger partial charge >= 0.3 is 0 Å². The number of hydrogen-bond acceptors (Lipinski definition) is 3. The molecular formula is C14H22N2O. The average Bonchev–Trinajstić information content (AvgIpc) is 2.31. The van der Waals surface area contributed by atoms with Gasteiger partial charge in [0.25, 0.3) is 0 Å². The molecule has 0 bridgehead atoms. The van der Waals surface area contributed by atoms with Gasteiger partial charge in [-0.15, -0.1) is 0 Å². The van der Waals surface area contributed by atoms with Crippen LogP contribution in [0.3, 0.4) is 0 Å². The molecule has 3 heteroatoms. The first kappa shape index (κ1) is 12.4. The smallest absolute Gasteiger partial charge is 0.119 e. The zero-order valence-corrected chi connectivity index (χ0v) is 11.0. The highest BCUT2D eigenvalue weighted by Crippen LogP contribution is 2.26. The van der Waals surface area contributed by atoms with E-state index < -0.39 is 0 Å². The summed E-state index contributed by atoms with van der Waals surface area (Å²) in [5.41, 5.74) is 2.72. The third-order valence-corrected chi connectivity index (χ3v) is 3.42. The van der Waals surface area contributed by atoms with Gasteiger partial charge in [0.05, 0.1) is 6.61 Å². The topological polar surface area (TPSA) is 24.5 Å². The molecule has 1 saturated heterocycles. The summed E-state index contributed by atoms with van der Waals surface area (Å²) in [4.78, 5) is 2.42. The molecule has 1 aliphatic heterocycles. The maximum Gasteiger partial charge on any atom is 0.119 e. The molecule has 0 aromatic heterocycles. The lowest BCUT2D eigenvalue weighted by atomic mass is 9.98. The van der Waals surface area contributed by atoms with Crippen LogP contribution in [0.15, 0.2) is 18.2 Å². The highest BCUT2D eigenvalue weighted by molar-refractivity contribution is 5.37. The third-order valence-electron chi connectivity index (χ3n) is 3.42. The quantitative estimate of drug-likeness (QED) is 0.865. The Bertz CT molecular complexity index is 378. The van der Waals surface area contributed by atoms with Gasteiger partial charge in [-0.1, -0.05) is 6.07 Å². The Morgan fingerprint density at radius 3 is 2.94 bits per heavy atom. The highest BCUT2D eigenvalue weighted by Gasteiger charge is 2.21. The molecule has 0 aliphatic carbocycles. The molecular weight excluding hydrogens is 212 g/mol. The number of nitrogens with zero attached hydrogens (tertiary/aromatic N) is 1. The molecule has 0 spiro atoms. The van der Waals surface area contributed by atoms with Gasteiger partial charge in [0.2, 0.25) is 0 Å². The molecule has 0 radical (unpaired) electrons. The summed E-state index contributed by atoms with van der Waals surface area (Å²) in [6.45, 7) is 8.14. The van der Waals surface area contributed by atoms with E-state index in [0.29, 0.717) is 6.04 Å². The van der Waals surface area contributed by atoms with Crippen molar-refractivity contribution in [1.82, 2.24) is 10.2 Å². The van der Waals surface area contributed by atoms with Gasteiger partial charge in [-0.2, -0.15) is 0 Å². The van der Waals surface area contributed by atoms with E-state index in [1.165, 1.54) is 11.1 Å². The van der Waals surface area contributed by atoms with Crippen molar-refractivity contribution < 1.29 is 4.74 Å². The standard InChI is InChI=1S/C14H22N2O/c1-4-17-12-5-6-13(11(2)9-12)14-10-15-7-8-16(14)3/h5-6,9,14-15H,4,7-8,10H2,1-3H3. The molecule has 1 aromatic rings. The number of rotatable bonds is 3. The molecule has 1 fully saturated rings. The molecule has 2 rings (SSSR count). The minimum atomic E-state index is 0.486. The number of piperazine rings is 1. The first-order valence-electron chi connectivity index (χ1n) is 6.36. The molecule has 0 saturated carbocycles.